The van der Waals surface area contributed by atoms with Crippen molar-refractivity contribution in [3.63, 3.8) is 0 Å². The van der Waals surface area contributed by atoms with Gasteiger partial charge in [0.15, 0.2) is 17.3 Å². The third-order valence-corrected chi connectivity index (χ3v) is 5.20. The Bertz CT molecular complexity index is 876. The molecular weight excluding hydrogens is 342 g/mol. The predicted octanol–water partition coefficient (Wildman–Crippen LogP) is 3.63. The molecule has 0 aromatic heterocycles. The van der Waals surface area contributed by atoms with Gasteiger partial charge in [0.2, 0.25) is 12.5 Å². The second-order valence-corrected chi connectivity index (χ2v) is 6.88. The van der Waals surface area contributed by atoms with E-state index in [1.807, 2.05) is 49.5 Å². The van der Waals surface area contributed by atoms with Crippen LogP contribution in [-0.4, -0.2) is 38.2 Å². The minimum Gasteiger partial charge on any atom is -0.492 e. The number of hydrogen-bond acceptors (Lipinski definition) is 5. The van der Waals surface area contributed by atoms with Crippen molar-refractivity contribution < 1.29 is 19.0 Å². The minimum atomic E-state index is -0.0499. The van der Waals surface area contributed by atoms with Crippen LogP contribution in [0.3, 0.4) is 0 Å². The Morgan fingerprint density at radius 1 is 1.30 bits per heavy atom. The fourth-order valence-corrected chi connectivity index (χ4v) is 3.80. The number of rotatable bonds is 5. The number of ether oxygens (including phenoxy) is 3. The van der Waals surface area contributed by atoms with E-state index < -0.39 is 0 Å². The normalized spacial score (nSPS) is 18.5. The molecule has 2 aromatic rings. The average Bonchev–Trinajstić information content (AvgIpc) is 3.16. The largest absolute Gasteiger partial charge is 0.492 e. The standard InChI is InChI=1S/C22H23NO4/c1-23-11-10-16-12-19-21(27-14-26-19)22(25-2)20(16)18(23)13-17(24)9-8-15-6-4-3-5-7-15/h3-9,12,18H,10-11,13-14H2,1-2H3/b9-8+/t18-/m1/s1. The van der Waals surface area contributed by atoms with Crippen molar-refractivity contribution in [3.8, 4) is 17.2 Å². The molecule has 0 saturated carbocycles. The number of methoxy groups -OCH3 is 1. The highest BCUT2D eigenvalue weighted by molar-refractivity contribution is 5.94. The maximum absolute atomic E-state index is 12.7. The fourth-order valence-electron chi connectivity index (χ4n) is 3.80. The SMILES string of the molecule is COc1c2c(cc3c1[C@@H](CC(=O)/C=C/c1ccccc1)N(C)CC3)OCO2. The van der Waals surface area contributed by atoms with Crippen molar-refractivity contribution in [2.24, 2.45) is 0 Å². The van der Waals surface area contributed by atoms with Crippen LogP contribution in [0.2, 0.25) is 0 Å². The second kappa shape index (κ2) is 7.45. The summed E-state index contributed by atoms with van der Waals surface area (Å²) >= 11 is 0. The van der Waals surface area contributed by atoms with Crippen LogP contribution in [0.5, 0.6) is 17.2 Å². The molecule has 2 aromatic carbocycles. The Kier molecular flexibility index (Phi) is 4.86. The number of allylic oxidation sites excluding steroid dienone is 1. The summed E-state index contributed by atoms with van der Waals surface area (Å²) in [7, 11) is 3.69. The lowest BCUT2D eigenvalue weighted by Crippen LogP contribution is -2.33. The highest BCUT2D eigenvalue weighted by Gasteiger charge is 2.34. The molecule has 27 heavy (non-hydrogen) atoms. The van der Waals surface area contributed by atoms with Crippen molar-refractivity contribution in [2.75, 3.05) is 27.5 Å². The summed E-state index contributed by atoms with van der Waals surface area (Å²) in [5, 5.41) is 0. The van der Waals surface area contributed by atoms with Crippen molar-refractivity contribution in [3.05, 3.63) is 59.2 Å². The first-order valence-corrected chi connectivity index (χ1v) is 9.13. The van der Waals surface area contributed by atoms with Crippen LogP contribution in [0.25, 0.3) is 6.08 Å². The summed E-state index contributed by atoms with van der Waals surface area (Å²) in [6.07, 6.45) is 4.81. The lowest BCUT2D eigenvalue weighted by Gasteiger charge is -2.35. The Hall–Kier alpha value is -2.79. The zero-order valence-corrected chi connectivity index (χ0v) is 15.6. The number of carbonyl (C=O) groups is 1. The molecule has 0 amide bonds. The number of likely N-dealkylation sites (N-methyl/N-ethyl adjacent to an activating group) is 1. The van der Waals surface area contributed by atoms with E-state index in [9.17, 15) is 4.79 Å². The van der Waals surface area contributed by atoms with Gasteiger partial charge in [0.25, 0.3) is 0 Å². The van der Waals surface area contributed by atoms with E-state index in [1.165, 1.54) is 5.56 Å². The highest BCUT2D eigenvalue weighted by atomic mass is 16.7. The van der Waals surface area contributed by atoms with Gasteiger partial charge in [-0.25, -0.2) is 0 Å². The summed E-state index contributed by atoms with van der Waals surface area (Å²) in [5.41, 5.74) is 3.22. The van der Waals surface area contributed by atoms with Crippen LogP contribution in [-0.2, 0) is 11.2 Å². The van der Waals surface area contributed by atoms with Crippen LogP contribution in [0, 0.1) is 0 Å². The van der Waals surface area contributed by atoms with E-state index in [2.05, 4.69) is 4.90 Å². The number of fused-ring (bicyclic) bond motifs is 2. The molecule has 0 saturated heterocycles. The summed E-state index contributed by atoms with van der Waals surface area (Å²) in [4.78, 5) is 14.9. The van der Waals surface area contributed by atoms with E-state index >= 15 is 0 Å². The molecule has 1 atom stereocenters. The minimum absolute atomic E-state index is 0.0499. The third-order valence-electron chi connectivity index (χ3n) is 5.20. The average molecular weight is 365 g/mol. The third kappa shape index (κ3) is 3.43. The molecular formula is C22H23NO4. The molecule has 5 heteroatoms. The van der Waals surface area contributed by atoms with E-state index in [1.54, 1.807) is 13.2 Å². The Balaban J connectivity index is 1.62. The number of carbonyl (C=O) groups excluding carboxylic acids is 1. The Labute approximate surface area is 159 Å². The first kappa shape index (κ1) is 17.6. The van der Waals surface area contributed by atoms with Gasteiger partial charge in [-0.1, -0.05) is 36.4 Å². The lowest BCUT2D eigenvalue weighted by atomic mass is 9.88. The van der Waals surface area contributed by atoms with E-state index in [0.29, 0.717) is 17.9 Å². The highest BCUT2D eigenvalue weighted by Crippen LogP contribution is 2.50. The van der Waals surface area contributed by atoms with Crippen molar-refractivity contribution in [1.29, 1.82) is 0 Å². The fraction of sp³-hybridized carbons (Fsp3) is 0.318. The van der Waals surface area contributed by atoms with Gasteiger partial charge in [-0.2, -0.15) is 0 Å². The van der Waals surface area contributed by atoms with Gasteiger partial charge in [0.05, 0.1) is 7.11 Å². The van der Waals surface area contributed by atoms with E-state index in [0.717, 1.165) is 29.8 Å². The monoisotopic (exact) mass is 365 g/mol. The quantitative estimate of drug-likeness (QED) is 0.758. The number of nitrogens with zero attached hydrogens (tertiary/aromatic N) is 1. The van der Waals surface area contributed by atoms with Crippen LogP contribution in [0.15, 0.2) is 42.5 Å². The second-order valence-electron chi connectivity index (χ2n) is 6.88. The van der Waals surface area contributed by atoms with Crippen LogP contribution < -0.4 is 14.2 Å². The van der Waals surface area contributed by atoms with Gasteiger partial charge in [-0.05, 0) is 36.7 Å². The van der Waals surface area contributed by atoms with Crippen molar-refractivity contribution in [2.45, 2.75) is 18.9 Å². The summed E-state index contributed by atoms with van der Waals surface area (Å²) in [6, 6.07) is 11.8. The summed E-state index contributed by atoms with van der Waals surface area (Å²) < 4.78 is 16.8. The molecule has 0 spiro atoms. The Morgan fingerprint density at radius 2 is 2.11 bits per heavy atom. The summed E-state index contributed by atoms with van der Waals surface area (Å²) in [5.74, 6) is 2.15. The van der Waals surface area contributed by atoms with Gasteiger partial charge in [0.1, 0.15) is 0 Å². The van der Waals surface area contributed by atoms with Crippen molar-refractivity contribution in [1.82, 2.24) is 4.90 Å². The maximum Gasteiger partial charge on any atom is 0.231 e. The van der Waals surface area contributed by atoms with Gasteiger partial charge in [-0.15, -0.1) is 0 Å². The Morgan fingerprint density at radius 3 is 2.89 bits per heavy atom. The molecule has 0 bridgehead atoms. The molecule has 2 heterocycles. The van der Waals surface area contributed by atoms with Crippen LogP contribution >= 0.6 is 0 Å². The molecule has 0 radical (unpaired) electrons. The lowest BCUT2D eigenvalue weighted by molar-refractivity contribution is -0.115. The van der Waals surface area contributed by atoms with Crippen LogP contribution in [0.4, 0.5) is 0 Å². The first-order valence-electron chi connectivity index (χ1n) is 9.13. The molecule has 2 aliphatic rings. The molecule has 2 aliphatic heterocycles. The van der Waals surface area contributed by atoms with Crippen LogP contribution in [0.1, 0.15) is 29.2 Å². The van der Waals surface area contributed by atoms with Gasteiger partial charge in [-0.3, -0.25) is 9.69 Å². The number of benzene rings is 2. The zero-order chi connectivity index (χ0) is 18.8. The molecule has 0 unspecified atom stereocenters. The maximum atomic E-state index is 12.7. The molecule has 4 rings (SSSR count). The molecule has 0 aliphatic carbocycles. The molecule has 0 N–H and O–H groups in total. The predicted molar refractivity (Wildman–Crippen MR) is 103 cm³/mol. The topological polar surface area (TPSA) is 48.0 Å². The number of ketones is 1. The smallest absolute Gasteiger partial charge is 0.231 e. The summed E-state index contributed by atoms with van der Waals surface area (Å²) in [6.45, 7) is 1.09. The van der Waals surface area contributed by atoms with Gasteiger partial charge in [0, 0.05) is 24.6 Å². The van der Waals surface area contributed by atoms with E-state index in [-0.39, 0.29) is 18.6 Å². The zero-order valence-electron chi connectivity index (χ0n) is 15.6. The van der Waals surface area contributed by atoms with Gasteiger partial charge < -0.3 is 14.2 Å². The number of hydrogen-bond donors (Lipinski definition) is 0. The van der Waals surface area contributed by atoms with E-state index in [4.69, 9.17) is 14.2 Å². The molecule has 140 valence electrons. The first-order chi connectivity index (χ1) is 13.2. The van der Waals surface area contributed by atoms with Crippen molar-refractivity contribution >= 4 is 11.9 Å². The molecule has 0 fully saturated rings. The molecule has 5 nitrogen and oxygen atoms in total. The van der Waals surface area contributed by atoms with Gasteiger partial charge >= 0.3 is 0 Å².